The maximum atomic E-state index is 12.7. The molecule has 0 aliphatic carbocycles. The highest BCUT2D eigenvalue weighted by atomic mass is 16.5. The van der Waals surface area contributed by atoms with E-state index < -0.39 is 12.0 Å². The number of nitrogens with one attached hydrogen (secondary N) is 2. The smallest absolute Gasteiger partial charge is 0.306 e. The molecule has 6 nitrogen and oxygen atoms in total. The van der Waals surface area contributed by atoms with Gasteiger partial charge in [0, 0.05) is 19.4 Å². The highest BCUT2D eigenvalue weighted by Gasteiger charge is 2.24. The number of hydrogen-bond donors (Lipinski definition) is 2. The summed E-state index contributed by atoms with van der Waals surface area (Å²) in [7, 11) is 0. The third-order valence-corrected chi connectivity index (χ3v) is 4.52. The molecule has 0 aromatic heterocycles. The summed E-state index contributed by atoms with van der Waals surface area (Å²) in [4.78, 5) is 37.0. The van der Waals surface area contributed by atoms with Gasteiger partial charge in [0.2, 0.25) is 11.8 Å². The standard InChI is InChI=1S/C22H30N2O4/c1-16(2)14-23-20(25)13-18-11-7-4-8-12-21(26)28-19(15-24-22(18)27)17-9-5-3-6-10-17/h3-7,9-10,16,18-19H,8,11-15H2,1-2H3,(H,23,25)(H,24,27)/t18-,19-/m0/s1. The van der Waals surface area contributed by atoms with Crippen LogP contribution in [-0.2, 0) is 19.1 Å². The Labute approximate surface area is 166 Å². The first-order valence-electron chi connectivity index (χ1n) is 9.89. The zero-order chi connectivity index (χ0) is 20.4. The van der Waals surface area contributed by atoms with Gasteiger partial charge in [-0.2, -0.15) is 0 Å². The van der Waals surface area contributed by atoms with Crippen molar-refractivity contribution in [2.45, 2.75) is 45.6 Å². The van der Waals surface area contributed by atoms with E-state index in [4.69, 9.17) is 4.74 Å². The van der Waals surface area contributed by atoms with Crippen molar-refractivity contribution in [2.24, 2.45) is 11.8 Å². The molecular formula is C22H30N2O4. The number of benzene rings is 1. The number of ether oxygens (including phenoxy) is 1. The Morgan fingerprint density at radius 1 is 1.21 bits per heavy atom. The number of allylic oxidation sites excluding steroid dienone is 2. The van der Waals surface area contributed by atoms with E-state index in [-0.39, 0.29) is 37.2 Å². The molecule has 0 saturated heterocycles. The molecule has 1 aromatic carbocycles. The van der Waals surface area contributed by atoms with Gasteiger partial charge in [0.05, 0.1) is 12.5 Å². The molecule has 1 aliphatic rings. The second-order valence-electron chi connectivity index (χ2n) is 7.48. The number of hydrogen-bond acceptors (Lipinski definition) is 4. The lowest BCUT2D eigenvalue weighted by molar-refractivity contribution is -0.150. The summed E-state index contributed by atoms with van der Waals surface area (Å²) in [6.07, 6.45) is 4.62. The van der Waals surface area contributed by atoms with Crippen LogP contribution in [0.4, 0.5) is 0 Å². The van der Waals surface area contributed by atoms with Crippen LogP contribution in [0.5, 0.6) is 0 Å². The monoisotopic (exact) mass is 386 g/mol. The zero-order valence-corrected chi connectivity index (χ0v) is 16.6. The molecule has 2 atom stereocenters. The molecule has 2 N–H and O–H groups in total. The molecule has 0 unspecified atom stereocenters. The quantitative estimate of drug-likeness (QED) is 0.602. The molecule has 0 saturated carbocycles. The second kappa shape index (κ2) is 11.3. The lowest BCUT2D eigenvalue weighted by Gasteiger charge is -2.22. The minimum Gasteiger partial charge on any atom is -0.456 e. The van der Waals surface area contributed by atoms with E-state index in [2.05, 4.69) is 10.6 Å². The summed E-state index contributed by atoms with van der Waals surface area (Å²) in [6, 6.07) is 9.35. The van der Waals surface area contributed by atoms with Crippen LogP contribution in [0.25, 0.3) is 0 Å². The Kier molecular flexibility index (Phi) is 8.72. The summed E-state index contributed by atoms with van der Waals surface area (Å²) in [5, 5.41) is 5.72. The molecule has 1 aliphatic heterocycles. The van der Waals surface area contributed by atoms with Crippen LogP contribution in [0.3, 0.4) is 0 Å². The molecular weight excluding hydrogens is 356 g/mol. The SMILES string of the molecule is CC(C)CNC(=O)C[C@@H]1CC=CCCC(=O)O[C@H](c2ccccc2)CNC1=O. The molecule has 152 valence electrons. The van der Waals surface area contributed by atoms with E-state index in [0.29, 0.717) is 25.3 Å². The van der Waals surface area contributed by atoms with Crippen LogP contribution in [0.2, 0.25) is 0 Å². The van der Waals surface area contributed by atoms with Gasteiger partial charge in [-0.15, -0.1) is 0 Å². The molecule has 28 heavy (non-hydrogen) atoms. The van der Waals surface area contributed by atoms with Gasteiger partial charge in [0.25, 0.3) is 0 Å². The van der Waals surface area contributed by atoms with Crippen molar-refractivity contribution in [3.05, 3.63) is 48.0 Å². The number of cyclic esters (lactones) is 1. The largest absolute Gasteiger partial charge is 0.456 e. The minimum atomic E-state index is -0.545. The van der Waals surface area contributed by atoms with Gasteiger partial charge in [-0.3, -0.25) is 14.4 Å². The van der Waals surface area contributed by atoms with Gasteiger partial charge >= 0.3 is 5.97 Å². The van der Waals surface area contributed by atoms with Crippen molar-refractivity contribution in [3.8, 4) is 0 Å². The van der Waals surface area contributed by atoms with Crippen molar-refractivity contribution in [2.75, 3.05) is 13.1 Å². The summed E-state index contributed by atoms with van der Waals surface area (Å²) < 4.78 is 5.57. The number of rotatable bonds is 5. The minimum absolute atomic E-state index is 0.125. The first-order valence-corrected chi connectivity index (χ1v) is 9.89. The van der Waals surface area contributed by atoms with Crippen molar-refractivity contribution >= 4 is 17.8 Å². The predicted octanol–water partition coefficient (Wildman–Crippen LogP) is 2.91. The van der Waals surface area contributed by atoms with Gasteiger partial charge < -0.3 is 15.4 Å². The predicted molar refractivity (Wildman–Crippen MR) is 107 cm³/mol. The highest BCUT2D eigenvalue weighted by Crippen LogP contribution is 2.19. The van der Waals surface area contributed by atoms with Crippen LogP contribution in [0.15, 0.2) is 42.5 Å². The Bertz CT molecular complexity index is 685. The van der Waals surface area contributed by atoms with Crippen LogP contribution in [-0.4, -0.2) is 30.9 Å². The van der Waals surface area contributed by atoms with Crippen molar-refractivity contribution < 1.29 is 19.1 Å². The number of esters is 1. The number of carbonyl (C=O) groups excluding carboxylic acids is 3. The Balaban J connectivity index is 2.07. The maximum Gasteiger partial charge on any atom is 0.306 e. The van der Waals surface area contributed by atoms with Gasteiger partial charge in [-0.1, -0.05) is 56.3 Å². The first kappa shape index (κ1) is 21.7. The van der Waals surface area contributed by atoms with E-state index in [1.807, 2.05) is 56.3 Å². The average Bonchev–Trinajstić information content (AvgIpc) is 2.68. The average molecular weight is 386 g/mol. The Hall–Kier alpha value is -2.63. The van der Waals surface area contributed by atoms with Gasteiger partial charge in [0.1, 0.15) is 6.10 Å². The van der Waals surface area contributed by atoms with E-state index >= 15 is 0 Å². The molecule has 6 heteroatoms. The van der Waals surface area contributed by atoms with Crippen LogP contribution >= 0.6 is 0 Å². The molecule has 0 radical (unpaired) electrons. The molecule has 1 heterocycles. The fourth-order valence-electron chi connectivity index (χ4n) is 2.93. The Morgan fingerprint density at radius 2 is 1.96 bits per heavy atom. The lowest BCUT2D eigenvalue weighted by Crippen LogP contribution is -2.38. The number of amides is 2. The Morgan fingerprint density at radius 3 is 2.68 bits per heavy atom. The van der Waals surface area contributed by atoms with Crippen molar-refractivity contribution in [3.63, 3.8) is 0 Å². The topological polar surface area (TPSA) is 84.5 Å². The van der Waals surface area contributed by atoms with E-state index in [9.17, 15) is 14.4 Å². The third-order valence-electron chi connectivity index (χ3n) is 4.52. The van der Waals surface area contributed by atoms with E-state index in [1.54, 1.807) is 0 Å². The van der Waals surface area contributed by atoms with Gasteiger partial charge in [0.15, 0.2) is 0 Å². The maximum absolute atomic E-state index is 12.7. The molecule has 2 rings (SSSR count). The highest BCUT2D eigenvalue weighted by molar-refractivity contribution is 5.86. The number of carbonyl (C=O) groups is 3. The molecule has 2 amide bonds. The zero-order valence-electron chi connectivity index (χ0n) is 16.6. The summed E-state index contributed by atoms with van der Waals surface area (Å²) in [5.41, 5.74) is 0.829. The van der Waals surface area contributed by atoms with Crippen LogP contribution in [0.1, 0.15) is 51.2 Å². The second-order valence-corrected chi connectivity index (χ2v) is 7.48. The van der Waals surface area contributed by atoms with Gasteiger partial charge in [-0.05, 0) is 24.3 Å². The first-order chi connectivity index (χ1) is 13.5. The molecule has 0 fully saturated rings. The van der Waals surface area contributed by atoms with E-state index in [1.165, 1.54) is 0 Å². The summed E-state index contributed by atoms with van der Waals surface area (Å²) >= 11 is 0. The van der Waals surface area contributed by atoms with Gasteiger partial charge in [-0.25, -0.2) is 0 Å². The van der Waals surface area contributed by atoms with Crippen molar-refractivity contribution in [1.82, 2.24) is 10.6 Å². The van der Waals surface area contributed by atoms with E-state index in [0.717, 1.165) is 5.56 Å². The summed E-state index contributed by atoms with van der Waals surface area (Å²) in [5.74, 6) is -0.717. The van der Waals surface area contributed by atoms with Crippen LogP contribution in [0, 0.1) is 11.8 Å². The fourth-order valence-corrected chi connectivity index (χ4v) is 2.93. The van der Waals surface area contributed by atoms with Crippen LogP contribution < -0.4 is 10.6 Å². The molecule has 1 aromatic rings. The fraction of sp³-hybridized carbons (Fsp3) is 0.500. The third kappa shape index (κ3) is 7.55. The molecule has 0 spiro atoms. The molecule has 0 bridgehead atoms. The summed E-state index contributed by atoms with van der Waals surface area (Å²) in [6.45, 7) is 4.82. The normalized spacial score (nSPS) is 21.2. The lowest BCUT2D eigenvalue weighted by atomic mass is 9.98. The van der Waals surface area contributed by atoms with Crippen molar-refractivity contribution in [1.29, 1.82) is 0 Å².